The van der Waals surface area contributed by atoms with Gasteiger partial charge in [-0.3, -0.25) is 25.0 Å². The van der Waals surface area contributed by atoms with Gasteiger partial charge in [0.2, 0.25) is 5.75 Å². The Morgan fingerprint density at radius 3 is 2.56 bits per heavy atom. The van der Waals surface area contributed by atoms with Crippen LogP contribution in [0.3, 0.4) is 0 Å². The van der Waals surface area contributed by atoms with E-state index in [0.29, 0.717) is 31.2 Å². The number of halogens is 2. The van der Waals surface area contributed by atoms with Crippen molar-refractivity contribution < 1.29 is 14.6 Å². The smallest absolute Gasteiger partial charge is 0.312 e. The number of benzene rings is 3. The Kier molecular flexibility index (Phi) is 7.22. The Hall–Kier alpha value is -3.97. The van der Waals surface area contributed by atoms with Crippen molar-refractivity contribution in [2.45, 2.75) is 13.5 Å². The summed E-state index contributed by atoms with van der Waals surface area (Å²) in [7, 11) is 0. The molecule has 13 heteroatoms. The van der Waals surface area contributed by atoms with Gasteiger partial charge in [-0.2, -0.15) is 9.78 Å². The summed E-state index contributed by atoms with van der Waals surface area (Å²) in [6.07, 6.45) is 1.26. The van der Waals surface area contributed by atoms with Crippen molar-refractivity contribution in [3.63, 3.8) is 0 Å². The highest BCUT2D eigenvalue weighted by Crippen LogP contribution is 2.34. The quantitative estimate of drug-likeness (QED) is 0.151. The summed E-state index contributed by atoms with van der Waals surface area (Å²) < 4.78 is 7.94. The molecule has 0 radical (unpaired) electrons. The van der Waals surface area contributed by atoms with Gasteiger partial charge in [0.25, 0.3) is 11.2 Å². The van der Waals surface area contributed by atoms with Gasteiger partial charge < -0.3 is 4.74 Å². The number of fused-ring (bicyclic) bond motifs is 1. The minimum absolute atomic E-state index is 0.111. The molecule has 4 rings (SSSR count). The van der Waals surface area contributed by atoms with Gasteiger partial charge in [0, 0.05) is 32.7 Å². The van der Waals surface area contributed by atoms with Crippen LogP contribution < -0.4 is 10.3 Å². The molecule has 1 heterocycles. The second-order valence-corrected chi connectivity index (χ2v) is 9.33. The monoisotopic (exact) mass is 615 g/mol. The summed E-state index contributed by atoms with van der Waals surface area (Å²) in [5.41, 5.74) is 0.266. The topological polar surface area (TPSA) is 143 Å². The molecule has 0 spiro atoms. The fourth-order valence-corrected chi connectivity index (χ4v) is 4.24. The van der Waals surface area contributed by atoms with Gasteiger partial charge in [-0.25, -0.2) is 4.98 Å². The van der Waals surface area contributed by atoms with Crippen LogP contribution in [-0.4, -0.2) is 25.7 Å². The number of ether oxygens (including phenoxy) is 1. The maximum atomic E-state index is 13.0. The largest absolute Gasteiger partial charge is 0.481 e. The number of non-ortho nitro benzene ring substituents is 1. The molecule has 11 nitrogen and oxygen atoms in total. The molecule has 0 saturated heterocycles. The summed E-state index contributed by atoms with van der Waals surface area (Å²) in [4.78, 5) is 39.1. The van der Waals surface area contributed by atoms with Crippen LogP contribution >= 0.6 is 31.9 Å². The van der Waals surface area contributed by atoms with Gasteiger partial charge in [0.1, 0.15) is 12.4 Å². The molecule has 0 bridgehead atoms. The average Bonchev–Trinajstić information content (AvgIpc) is 2.83. The molecule has 0 N–H and O–H groups in total. The Bertz CT molecular complexity index is 1620. The normalized spacial score (nSPS) is 11.2. The standard InChI is InChI=1S/C23H15Br2N5O6/c1-13-27-20-6-5-16(24)9-19(20)23(31)28(13)26-11-15-8-17(25)10-21(30(34)35)22(15)36-12-14-3-2-4-18(7-14)29(32)33/h2-11H,12H2,1H3. The van der Waals surface area contributed by atoms with E-state index in [2.05, 4.69) is 41.9 Å². The maximum absolute atomic E-state index is 13.0. The Labute approximate surface area is 219 Å². The van der Waals surface area contributed by atoms with E-state index < -0.39 is 15.4 Å². The van der Waals surface area contributed by atoms with Crippen LogP contribution in [-0.2, 0) is 6.61 Å². The first kappa shape index (κ1) is 25.1. The van der Waals surface area contributed by atoms with E-state index in [-0.39, 0.29) is 29.3 Å². The average molecular weight is 617 g/mol. The van der Waals surface area contributed by atoms with E-state index in [0.717, 1.165) is 4.68 Å². The fraction of sp³-hybridized carbons (Fsp3) is 0.0870. The molecular weight excluding hydrogens is 602 g/mol. The van der Waals surface area contributed by atoms with Crippen LogP contribution in [0, 0.1) is 27.2 Å². The predicted octanol–water partition coefficient (Wildman–Crippen LogP) is 5.51. The molecule has 36 heavy (non-hydrogen) atoms. The van der Waals surface area contributed by atoms with Crippen molar-refractivity contribution in [2.75, 3.05) is 0 Å². The van der Waals surface area contributed by atoms with Crippen LogP contribution in [0.2, 0.25) is 0 Å². The summed E-state index contributed by atoms with van der Waals surface area (Å²) in [6.45, 7) is 1.44. The number of rotatable bonds is 7. The minimum atomic E-state index is -0.614. The fourth-order valence-electron chi connectivity index (χ4n) is 3.42. The van der Waals surface area contributed by atoms with E-state index in [9.17, 15) is 25.0 Å². The third-order valence-electron chi connectivity index (χ3n) is 5.05. The molecule has 0 atom stereocenters. The van der Waals surface area contributed by atoms with Crippen molar-refractivity contribution in [1.29, 1.82) is 0 Å². The summed E-state index contributed by atoms with van der Waals surface area (Å²) >= 11 is 6.59. The van der Waals surface area contributed by atoms with Crippen LogP contribution in [0.25, 0.3) is 10.9 Å². The molecule has 0 fully saturated rings. The lowest BCUT2D eigenvalue weighted by Crippen LogP contribution is -2.20. The summed E-state index contributed by atoms with van der Waals surface area (Å²) in [5.74, 6) is 0.204. The lowest BCUT2D eigenvalue weighted by atomic mass is 10.1. The van der Waals surface area contributed by atoms with E-state index in [1.54, 1.807) is 37.3 Å². The number of aromatic nitrogens is 2. The maximum Gasteiger partial charge on any atom is 0.312 e. The minimum Gasteiger partial charge on any atom is -0.481 e. The molecule has 182 valence electrons. The molecular formula is C23H15Br2N5O6. The van der Waals surface area contributed by atoms with Gasteiger partial charge in [-0.05, 0) is 36.8 Å². The summed E-state index contributed by atoms with van der Waals surface area (Å²) in [6, 6.07) is 13.7. The highest BCUT2D eigenvalue weighted by atomic mass is 79.9. The van der Waals surface area contributed by atoms with Crippen molar-refractivity contribution in [2.24, 2.45) is 5.10 Å². The Morgan fingerprint density at radius 1 is 1.06 bits per heavy atom. The molecule has 3 aromatic carbocycles. The number of hydrogen-bond donors (Lipinski definition) is 0. The number of aryl methyl sites for hydroxylation is 1. The zero-order valence-electron chi connectivity index (χ0n) is 18.4. The molecule has 0 aliphatic carbocycles. The second-order valence-electron chi connectivity index (χ2n) is 7.50. The van der Waals surface area contributed by atoms with E-state index in [1.807, 2.05) is 0 Å². The molecule has 0 unspecified atom stereocenters. The number of hydrogen-bond acceptors (Lipinski definition) is 8. The lowest BCUT2D eigenvalue weighted by molar-refractivity contribution is -0.386. The third-order valence-corrected chi connectivity index (χ3v) is 6.00. The molecule has 0 saturated carbocycles. The summed E-state index contributed by atoms with van der Waals surface area (Å²) in [5, 5.41) is 27.4. The SMILES string of the molecule is Cc1nc2ccc(Br)cc2c(=O)n1N=Cc1cc(Br)cc([N+](=O)[O-])c1OCc1cccc([N+](=O)[O-])c1. The van der Waals surface area contributed by atoms with Crippen LogP contribution in [0.15, 0.2) is 73.4 Å². The van der Waals surface area contributed by atoms with Crippen LogP contribution in [0.5, 0.6) is 5.75 Å². The van der Waals surface area contributed by atoms with E-state index in [4.69, 9.17) is 4.74 Å². The molecule has 0 aliphatic heterocycles. The Balaban J connectivity index is 1.76. The lowest BCUT2D eigenvalue weighted by Gasteiger charge is -2.11. The van der Waals surface area contributed by atoms with E-state index in [1.165, 1.54) is 30.5 Å². The first-order valence-electron chi connectivity index (χ1n) is 10.2. The van der Waals surface area contributed by atoms with Crippen LogP contribution in [0.4, 0.5) is 11.4 Å². The second kappa shape index (κ2) is 10.3. The number of nitro benzene ring substituents is 2. The van der Waals surface area contributed by atoms with Gasteiger partial charge in [-0.15, -0.1) is 0 Å². The number of nitrogens with zero attached hydrogens (tertiary/aromatic N) is 5. The number of nitro groups is 2. The van der Waals surface area contributed by atoms with Gasteiger partial charge in [0.15, 0.2) is 0 Å². The van der Waals surface area contributed by atoms with E-state index >= 15 is 0 Å². The van der Waals surface area contributed by atoms with Crippen molar-refractivity contribution in [1.82, 2.24) is 9.66 Å². The first-order valence-corrected chi connectivity index (χ1v) is 11.8. The van der Waals surface area contributed by atoms with Crippen molar-refractivity contribution >= 4 is 60.4 Å². The zero-order chi connectivity index (χ0) is 26.0. The Morgan fingerprint density at radius 2 is 1.83 bits per heavy atom. The first-order chi connectivity index (χ1) is 17.1. The highest BCUT2D eigenvalue weighted by molar-refractivity contribution is 9.10. The molecule has 0 amide bonds. The van der Waals surface area contributed by atoms with Gasteiger partial charge in [-0.1, -0.05) is 44.0 Å². The van der Waals surface area contributed by atoms with Crippen molar-refractivity contribution in [3.8, 4) is 5.75 Å². The van der Waals surface area contributed by atoms with Gasteiger partial charge in [0.05, 0.1) is 27.0 Å². The molecule has 0 aliphatic rings. The zero-order valence-corrected chi connectivity index (χ0v) is 21.6. The predicted molar refractivity (Wildman–Crippen MR) is 140 cm³/mol. The molecule has 4 aromatic rings. The van der Waals surface area contributed by atoms with Gasteiger partial charge >= 0.3 is 5.69 Å². The molecule has 1 aromatic heterocycles. The van der Waals surface area contributed by atoms with Crippen molar-refractivity contribution in [3.05, 3.63) is 111 Å². The van der Waals surface area contributed by atoms with Crippen LogP contribution in [0.1, 0.15) is 17.0 Å². The third kappa shape index (κ3) is 5.31. The highest BCUT2D eigenvalue weighted by Gasteiger charge is 2.21.